The van der Waals surface area contributed by atoms with Crippen molar-refractivity contribution in [3.8, 4) is 0 Å². The predicted molar refractivity (Wildman–Crippen MR) is 54.7 cm³/mol. The molecule has 1 rings (SSSR count). The fourth-order valence-electron chi connectivity index (χ4n) is 1.44. The minimum Gasteiger partial charge on any atom is -0.166 e. The van der Waals surface area contributed by atoms with Crippen molar-refractivity contribution in [1.29, 1.82) is 0 Å². The fourth-order valence-corrected chi connectivity index (χ4v) is 1.44. The molecule has 0 aromatic heterocycles. The van der Waals surface area contributed by atoms with E-state index in [1.807, 2.05) is 0 Å². The number of halogens is 3. The van der Waals surface area contributed by atoms with Crippen molar-refractivity contribution in [2.45, 2.75) is 38.8 Å². The minimum atomic E-state index is -4.22. The molecule has 0 saturated heterocycles. The quantitative estimate of drug-likeness (QED) is 0.653. The third-order valence-corrected chi connectivity index (χ3v) is 2.35. The average Bonchev–Trinajstić information content (AvgIpc) is 2.18. The number of hydrogen-bond acceptors (Lipinski definition) is 0. The number of aryl methyl sites for hydroxylation is 1. The maximum absolute atomic E-state index is 12.2. The van der Waals surface area contributed by atoms with E-state index in [1.54, 1.807) is 12.1 Å². The molecular formula is C12H15F3. The molecule has 0 fully saturated rings. The van der Waals surface area contributed by atoms with Crippen LogP contribution in [0.25, 0.3) is 0 Å². The average molecular weight is 216 g/mol. The second-order valence-electron chi connectivity index (χ2n) is 3.65. The lowest BCUT2D eigenvalue weighted by Crippen LogP contribution is -2.04. The van der Waals surface area contributed by atoms with E-state index in [2.05, 4.69) is 6.92 Å². The molecule has 0 heterocycles. The summed E-state index contributed by atoms with van der Waals surface area (Å²) in [6.45, 7) is 2.10. The number of unbranched alkanes of at least 4 members (excludes halogenated alkanes) is 2. The lowest BCUT2D eigenvalue weighted by molar-refractivity contribution is -0.137. The topological polar surface area (TPSA) is 0 Å². The van der Waals surface area contributed by atoms with Crippen LogP contribution in [-0.4, -0.2) is 0 Å². The number of alkyl halides is 3. The van der Waals surface area contributed by atoms with Gasteiger partial charge < -0.3 is 0 Å². The molecule has 0 N–H and O–H groups in total. The van der Waals surface area contributed by atoms with Crippen molar-refractivity contribution in [3.63, 3.8) is 0 Å². The van der Waals surface area contributed by atoms with Crippen LogP contribution in [0.4, 0.5) is 13.2 Å². The molecule has 0 saturated carbocycles. The Hall–Kier alpha value is -0.990. The second-order valence-corrected chi connectivity index (χ2v) is 3.65. The van der Waals surface area contributed by atoms with E-state index in [0.29, 0.717) is 0 Å². The number of rotatable bonds is 4. The summed E-state index contributed by atoms with van der Waals surface area (Å²) >= 11 is 0. The van der Waals surface area contributed by atoms with Crippen LogP contribution in [0.5, 0.6) is 0 Å². The summed E-state index contributed by atoms with van der Waals surface area (Å²) in [6.07, 6.45) is -0.0581. The highest BCUT2D eigenvalue weighted by molar-refractivity contribution is 5.24. The van der Waals surface area contributed by atoms with Gasteiger partial charge in [0.2, 0.25) is 0 Å². The molecule has 0 radical (unpaired) electrons. The normalized spacial score (nSPS) is 11.7. The Morgan fingerprint density at radius 2 is 1.60 bits per heavy atom. The van der Waals surface area contributed by atoms with Gasteiger partial charge in [-0.2, -0.15) is 13.2 Å². The minimum absolute atomic E-state index is 0.568. The molecule has 0 spiro atoms. The summed E-state index contributed by atoms with van der Waals surface area (Å²) < 4.78 is 36.7. The molecule has 0 atom stereocenters. The lowest BCUT2D eigenvalue weighted by atomic mass is 10.1. The first-order valence-electron chi connectivity index (χ1n) is 5.20. The maximum Gasteiger partial charge on any atom is 0.416 e. The molecule has 0 bridgehead atoms. The third kappa shape index (κ3) is 3.94. The second kappa shape index (κ2) is 5.19. The fraction of sp³-hybridized carbons (Fsp3) is 0.500. The van der Waals surface area contributed by atoms with Gasteiger partial charge in [0.05, 0.1) is 5.56 Å². The van der Waals surface area contributed by atoms with Crippen molar-refractivity contribution in [3.05, 3.63) is 35.4 Å². The van der Waals surface area contributed by atoms with Crippen LogP contribution >= 0.6 is 0 Å². The zero-order valence-electron chi connectivity index (χ0n) is 8.77. The molecule has 1 aromatic carbocycles. The van der Waals surface area contributed by atoms with E-state index < -0.39 is 11.7 Å². The van der Waals surface area contributed by atoms with Crippen LogP contribution in [-0.2, 0) is 12.6 Å². The van der Waals surface area contributed by atoms with Gasteiger partial charge >= 0.3 is 6.18 Å². The van der Waals surface area contributed by atoms with E-state index in [1.165, 1.54) is 0 Å². The molecule has 3 heteroatoms. The first-order valence-corrected chi connectivity index (χ1v) is 5.20. The van der Waals surface area contributed by atoms with Gasteiger partial charge in [0, 0.05) is 0 Å². The van der Waals surface area contributed by atoms with Gasteiger partial charge in [-0.15, -0.1) is 0 Å². The standard InChI is InChI=1S/C12H15F3/c1-2-3-4-5-10-6-8-11(9-7-10)12(13,14)15/h6-9H,2-5H2,1H3. The Morgan fingerprint density at radius 1 is 1.00 bits per heavy atom. The highest BCUT2D eigenvalue weighted by atomic mass is 19.4. The summed E-state index contributed by atoms with van der Waals surface area (Å²) in [6, 6.07) is 5.44. The van der Waals surface area contributed by atoms with Crippen LogP contribution in [0.1, 0.15) is 37.3 Å². The van der Waals surface area contributed by atoms with Gasteiger partial charge in [0.15, 0.2) is 0 Å². The van der Waals surface area contributed by atoms with Crippen LogP contribution in [0.3, 0.4) is 0 Å². The Bertz CT molecular complexity index is 285. The van der Waals surface area contributed by atoms with Gasteiger partial charge in [-0.1, -0.05) is 31.9 Å². The third-order valence-electron chi connectivity index (χ3n) is 2.35. The van der Waals surface area contributed by atoms with E-state index in [0.717, 1.165) is 43.4 Å². The number of hydrogen-bond donors (Lipinski definition) is 0. The highest BCUT2D eigenvalue weighted by Crippen LogP contribution is 2.29. The Labute approximate surface area is 88.1 Å². The molecule has 84 valence electrons. The predicted octanol–water partition coefficient (Wildman–Crippen LogP) is 4.44. The van der Waals surface area contributed by atoms with E-state index in [9.17, 15) is 13.2 Å². The maximum atomic E-state index is 12.2. The largest absolute Gasteiger partial charge is 0.416 e. The van der Waals surface area contributed by atoms with E-state index in [-0.39, 0.29) is 0 Å². The van der Waals surface area contributed by atoms with Crippen molar-refractivity contribution in [2.75, 3.05) is 0 Å². The molecular weight excluding hydrogens is 201 g/mol. The zero-order valence-corrected chi connectivity index (χ0v) is 8.77. The van der Waals surface area contributed by atoms with Crippen LogP contribution in [0.2, 0.25) is 0 Å². The van der Waals surface area contributed by atoms with Crippen molar-refractivity contribution < 1.29 is 13.2 Å². The Kier molecular flexibility index (Phi) is 4.18. The van der Waals surface area contributed by atoms with Gasteiger partial charge in [-0.3, -0.25) is 0 Å². The highest BCUT2D eigenvalue weighted by Gasteiger charge is 2.29. The van der Waals surface area contributed by atoms with E-state index >= 15 is 0 Å². The van der Waals surface area contributed by atoms with Gasteiger partial charge in [0.25, 0.3) is 0 Å². The molecule has 0 aliphatic rings. The van der Waals surface area contributed by atoms with Crippen LogP contribution < -0.4 is 0 Å². The van der Waals surface area contributed by atoms with E-state index in [4.69, 9.17) is 0 Å². The Morgan fingerprint density at radius 3 is 2.07 bits per heavy atom. The van der Waals surface area contributed by atoms with Crippen molar-refractivity contribution >= 4 is 0 Å². The number of benzene rings is 1. The van der Waals surface area contributed by atoms with Crippen LogP contribution in [0, 0.1) is 0 Å². The molecule has 0 amide bonds. The molecule has 15 heavy (non-hydrogen) atoms. The summed E-state index contributed by atoms with van der Waals surface area (Å²) in [5.41, 5.74) is 0.415. The summed E-state index contributed by atoms with van der Waals surface area (Å²) in [5.74, 6) is 0. The summed E-state index contributed by atoms with van der Waals surface area (Å²) in [7, 11) is 0. The van der Waals surface area contributed by atoms with Gasteiger partial charge in [0.1, 0.15) is 0 Å². The van der Waals surface area contributed by atoms with Gasteiger partial charge in [-0.25, -0.2) is 0 Å². The first-order chi connectivity index (χ1) is 7.04. The molecule has 0 aliphatic heterocycles. The smallest absolute Gasteiger partial charge is 0.166 e. The van der Waals surface area contributed by atoms with Gasteiger partial charge in [-0.05, 0) is 30.5 Å². The first kappa shape index (κ1) is 12.1. The zero-order chi connectivity index (χ0) is 11.3. The SMILES string of the molecule is CCCCCc1ccc(C(F)(F)F)cc1. The molecule has 0 nitrogen and oxygen atoms in total. The molecule has 0 aliphatic carbocycles. The monoisotopic (exact) mass is 216 g/mol. The lowest BCUT2D eigenvalue weighted by Gasteiger charge is -2.07. The van der Waals surface area contributed by atoms with Crippen molar-refractivity contribution in [1.82, 2.24) is 0 Å². The molecule has 1 aromatic rings. The van der Waals surface area contributed by atoms with Crippen molar-refractivity contribution in [2.24, 2.45) is 0 Å². The summed E-state index contributed by atoms with van der Waals surface area (Å²) in [4.78, 5) is 0. The Balaban J connectivity index is 2.57. The molecule has 0 unspecified atom stereocenters. The van der Waals surface area contributed by atoms with Crippen LogP contribution in [0.15, 0.2) is 24.3 Å². The summed E-state index contributed by atoms with van der Waals surface area (Å²) in [5, 5.41) is 0.